The van der Waals surface area contributed by atoms with E-state index in [0.29, 0.717) is 18.4 Å². The lowest BCUT2D eigenvalue weighted by Gasteiger charge is -2.33. The summed E-state index contributed by atoms with van der Waals surface area (Å²) in [5.74, 6) is 0.318. The van der Waals surface area contributed by atoms with Gasteiger partial charge < -0.3 is 19.5 Å². The Balaban J connectivity index is 0.00000938. The van der Waals surface area contributed by atoms with Crippen molar-refractivity contribution in [1.29, 1.82) is 0 Å². The van der Waals surface area contributed by atoms with Crippen LogP contribution in [0.4, 0.5) is 0 Å². The average molecular weight is 772 g/mol. The third-order valence-corrected chi connectivity index (χ3v) is 10.9. The van der Waals surface area contributed by atoms with E-state index in [-0.39, 0.29) is 11.5 Å². The van der Waals surface area contributed by atoms with Crippen molar-refractivity contribution in [2.45, 2.75) is 234 Å². The lowest BCUT2D eigenvalue weighted by molar-refractivity contribution is -0.333. The highest BCUT2D eigenvalue weighted by Gasteiger charge is 2.45. The van der Waals surface area contributed by atoms with Gasteiger partial charge in [-0.15, -0.1) is 0 Å². The first-order valence-electron chi connectivity index (χ1n) is 23.8. The van der Waals surface area contributed by atoms with Gasteiger partial charge in [0, 0.05) is 6.92 Å². The van der Waals surface area contributed by atoms with E-state index in [2.05, 4.69) is 95.5 Å². The molecule has 0 spiro atoms. The van der Waals surface area contributed by atoms with Crippen LogP contribution in [0.3, 0.4) is 0 Å². The van der Waals surface area contributed by atoms with Crippen LogP contribution in [-0.2, 0) is 14.2 Å². The van der Waals surface area contributed by atoms with Crippen molar-refractivity contribution in [2.75, 3.05) is 27.3 Å². The van der Waals surface area contributed by atoms with Crippen molar-refractivity contribution in [2.24, 2.45) is 17.3 Å². The fourth-order valence-electron chi connectivity index (χ4n) is 7.62. The normalized spacial score (nSPS) is 18.0. The van der Waals surface area contributed by atoms with Crippen molar-refractivity contribution in [3.05, 3.63) is 48.6 Å². The minimum absolute atomic E-state index is 0.0804. The van der Waals surface area contributed by atoms with Crippen LogP contribution < -0.4 is 5.32 Å². The number of ether oxygens (including phenoxy) is 3. The number of allylic oxidation sites excluding steroid dienone is 8. The molecule has 1 heterocycles. The summed E-state index contributed by atoms with van der Waals surface area (Å²) in [5.41, 5.74) is 0.0804. The summed E-state index contributed by atoms with van der Waals surface area (Å²) in [6.45, 7) is 17.1. The summed E-state index contributed by atoms with van der Waals surface area (Å²) in [7, 11) is 3.75. The predicted octanol–water partition coefficient (Wildman–Crippen LogP) is 16.0. The van der Waals surface area contributed by atoms with Crippen LogP contribution in [-0.4, -0.2) is 39.4 Å². The van der Waals surface area contributed by atoms with Gasteiger partial charge in [-0.3, -0.25) is 0 Å². The van der Waals surface area contributed by atoms with E-state index in [9.17, 15) is 0 Å². The van der Waals surface area contributed by atoms with Gasteiger partial charge in [0.1, 0.15) is 0 Å². The molecule has 0 aromatic heterocycles. The van der Waals surface area contributed by atoms with Crippen molar-refractivity contribution >= 4 is 0 Å². The molecule has 1 fully saturated rings. The molecule has 1 aliphatic heterocycles. The van der Waals surface area contributed by atoms with Gasteiger partial charge in [0.15, 0.2) is 0 Å². The topological polar surface area (TPSA) is 39.7 Å². The number of hydrogen-bond donors (Lipinski definition) is 1. The zero-order valence-electron chi connectivity index (χ0n) is 38.6. The number of unbranched alkanes of at least 4 members (excludes halogenated alkanes) is 18. The van der Waals surface area contributed by atoms with Gasteiger partial charge in [0.2, 0.25) is 0 Å². The Morgan fingerprint density at radius 1 is 0.618 bits per heavy atom. The van der Waals surface area contributed by atoms with E-state index in [1.807, 2.05) is 21.0 Å². The second-order valence-electron chi connectivity index (χ2n) is 17.8. The van der Waals surface area contributed by atoms with E-state index in [4.69, 9.17) is 14.2 Å². The van der Waals surface area contributed by atoms with Crippen LogP contribution in [0.25, 0.3) is 0 Å². The van der Waals surface area contributed by atoms with E-state index in [1.54, 1.807) is 0 Å². The monoisotopic (exact) mass is 772 g/mol. The SMILES string of the molecule is CCCCC/C=C\C/C=C\CCCCCCCCC(CCCCCCCC/C=C\C/C=C\CCCCC)COC1(C)OCC(C(C)(C)CC(C)C)O1.CNC. The Bertz CT molecular complexity index is 873. The van der Waals surface area contributed by atoms with Gasteiger partial charge in [-0.2, -0.15) is 0 Å². The maximum atomic E-state index is 6.48. The number of hydrogen-bond acceptors (Lipinski definition) is 4. The highest BCUT2D eigenvalue weighted by molar-refractivity contribution is 4.93. The van der Waals surface area contributed by atoms with Crippen molar-refractivity contribution < 1.29 is 14.2 Å². The molecule has 1 aliphatic rings. The van der Waals surface area contributed by atoms with Crippen LogP contribution in [0.5, 0.6) is 0 Å². The molecule has 0 amide bonds. The first-order valence-corrected chi connectivity index (χ1v) is 23.8. The number of rotatable bonds is 36. The van der Waals surface area contributed by atoms with E-state index in [0.717, 1.165) is 25.9 Å². The second-order valence-corrected chi connectivity index (χ2v) is 17.8. The molecule has 4 nitrogen and oxygen atoms in total. The Labute approximate surface area is 345 Å². The lowest BCUT2D eigenvalue weighted by atomic mass is 9.79. The molecule has 0 aromatic carbocycles. The molecule has 0 aromatic rings. The first-order chi connectivity index (χ1) is 26.6. The Hall–Kier alpha value is -1.20. The Morgan fingerprint density at radius 2 is 1.00 bits per heavy atom. The zero-order chi connectivity index (χ0) is 40.7. The van der Waals surface area contributed by atoms with E-state index >= 15 is 0 Å². The predicted molar refractivity (Wildman–Crippen MR) is 245 cm³/mol. The van der Waals surface area contributed by atoms with E-state index in [1.165, 1.54) is 154 Å². The summed E-state index contributed by atoms with van der Waals surface area (Å²) in [5, 5.41) is 2.75. The molecule has 0 aliphatic carbocycles. The van der Waals surface area contributed by atoms with E-state index < -0.39 is 5.97 Å². The van der Waals surface area contributed by atoms with Crippen LogP contribution in [0, 0.1) is 17.3 Å². The van der Waals surface area contributed by atoms with Gasteiger partial charge in [-0.25, -0.2) is 0 Å². The summed E-state index contributed by atoms with van der Waals surface area (Å²) < 4.78 is 19.1. The van der Waals surface area contributed by atoms with Crippen LogP contribution in [0.2, 0.25) is 0 Å². The van der Waals surface area contributed by atoms with Crippen LogP contribution >= 0.6 is 0 Å². The molecule has 0 radical (unpaired) electrons. The van der Waals surface area contributed by atoms with Gasteiger partial charge in [0.05, 0.1) is 19.3 Å². The molecule has 0 bridgehead atoms. The van der Waals surface area contributed by atoms with Crippen LogP contribution in [0.1, 0.15) is 222 Å². The molecule has 4 heteroatoms. The third-order valence-electron chi connectivity index (χ3n) is 10.9. The molecule has 2 atom stereocenters. The molecule has 1 saturated heterocycles. The standard InChI is InChI=1S/C49H90O3.C2H7N/c1-8-10-12-14-16-18-20-22-24-26-28-30-32-34-36-38-40-46(43-50-49(7)51-44-47(52-49)48(5,6)42-45(3)4)41-39-37-35-33-31-29-27-25-23-21-19-17-15-13-11-9-2;1-3-2/h16-19,22-25,45-47H,8-15,20-21,26-44H2,1-7H3;3H,1-2H3/b18-16-,19-17-,24-22-,25-23-;. The highest BCUT2D eigenvalue weighted by Crippen LogP contribution is 2.39. The number of nitrogens with one attached hydrogen (secondary N) is 1. The van der Waals surface area contributed by atoms with Gasteiger partial charge in [-0.1, -0.05) is 180 Å². The molecule has 324 valence electrons. The van der Waals surface area contributed by atoms with Gasteiger partial charge in [0.25, 0.3) is 5.97 Å². The average Bonchev–Trinajstić information content (AvgIpc) is 3.56. The molecular formula is C51H97NO3. The summed E-state index contributed by atoms with van der Waals surface area (Å²) >= 11 is 0. The molecule has 55 heavy (non-hydrogen) atoms. The van der Waals surface area contributed by atoms with Crippen molar-refractivity contribution in [3.8, 4) is 0 Å². The fraction of sp³-hybridized carbons (Fsp3) is 0.843. The Morgan fingerprint density at radius 3 is 1.40 bits per heavy atom. The Kier molecular flexibility index (Phi) is 37.5. The lowest BCUT2D eigenvalue weighted by Crippen LogP contribution is -2.37. The third kappa shape index (κ3) is 34.5. The van der Waals surface area contributed by atoms with Crippen molar-refractivity contribution in [3.63, 3.8) is 0 Å². The molecular weight excluding hydrogens is 675 g/mol. The smallest absolute Gasteiger partial charge is 0.280 e. The van der Waals surface area contributed by atoms with Crippen molar-refractivity contribution in [1.82, 2.24) is 5.32 Å². The molecule has 2 unspecified atom stereocenters. The van der Waals surface area contributed by atoms with Gasteiger partial charge >= 0.3 is 0 Å². The molecule has 1 N–H and O–H groups in total. The molecule has 0 saturated carbocycles. The highest BCUT2D eigenvalue weighted by atomic mass is 16.9. The minimum atomic E-state index is -0.907. The summed E-state index contributed by atoms with van der Waals surface area (Å²) in [6, 6.07) is 0. The quantitative estimate of drug-likeness (QED) is 0.0509. The second kappa shape index (κ2) is 38.3. The maximum absolute atomic E-state index is 6.48. The van der Waals surface area contributed by atoms with Crippen LogP contribution in [0.15, 0.2) is 48.6 Å². The fourth-order valence-corrected chi connectivity index (χ4v) is 7.62. The first kappa shape index (κ1) is 53.8. The maximum Gasteiger partial charge on any atom is 0.280 e. The minimum Gasteiger partial charge on any atom is -0.327 e. The zero-order valence-corrected chi connectivity index (χ0v) is 38.6. The largest absolute Gasteiger partial charge is 0.327 e. The summed E-state index contributed by atoms with van der Waals surface area (Å²) in [6.07, 6.45) is 53.9. The van der Waals surface area contributed by atoms with Gasteiger partial charge in [-0.05, 0) is 115 Å². The molecule has 1 rings (SSSR count). The summed E-state index contributed by atoms with van der Waals surface area (Å²) in [4.78, 5) is 0.